The van der Waals surface area contributed by atoms with E-state index in [4.69, 9.17) is 9.84 Å². The Morgan fingerprint density at radius 1 is 1.08 bits per heavy atom. The zero-order valence-corrected chi connectivity index (χ0v) is 20.1. The highest BCUT2D eigenvalue weighted by atomic mass is 19.3. The number of aliphatic carboxylic acids is 1. The Morgan fingerprint density at radius 2 is 1.76 bits per heavy atom. The first-order valence-electron chi connectivity index (χ1n) is 11.8. The number of ether oxygens (including phenoxy) is 2. The normalized spacial score (nSPS) is 15.4. The van der Waals surface area contributed by atoms with Gasteiger partial charge in [0.2, 0.25) is 5.95 Å². The number of carbonyl (C=O) groups is 1. The molecule has 1 unspecified atom stereocenters. The molecule has 0 amide bonds. The standard InChI is InChI=1S/C26H27F3N4O4/c1-16(15-33-10-8-18(9-11-33)24(34)35)36-23-12-20(4-7-22(23)27)32-26-30-13-19(14-31-26)17-2-5-21(6-3-17)37-25(28)29/h2-7,12-14,16,18,25H,8-11,15H2,1H3,(H,34,35)(H,30,31,32). The van der Waals surface area contributed by atoms with Crippen molar-refractivity contribution in [2.45, 2.75) is 32.5 Å². The van der Waals surface area contributed by atoms with Crippen molar-refractivity contribution in [2.24, 2.45) is 5.92 Å². The molecule has 8 nitrogen and oxygen atoms in total. The van der Waals surface area contributed by atoms with Crippen molar-refractivity contribution in [1.82, 2.24) is 14.9 Å². The van der Waals surface area contributed by atoms with Crippen molar-refractivity contribution >= 4 is 17.6 Å². The number of piperidine rings is 1. The Hall–Kier alpha value is -3.86. The monoisotopic (exact) mass is 516 g/mol. The molecule has 4 rings (SSSR count). The van der Waals surface area contributed by atoms with Crippen LogP contribution in [0.5, 0.6) is 11.5 Å². The third-order valence-corrected chi connectivity index (χ3v) is 6.03. The third-order valence-electron chi connectivity index (χ3n) is 6.03. The van der Waals surface area contributed by atoms with Crippen molar-refractivity contribution < 1.29 is 32.5 Å². The smallest absolute Gasteiger partial charge is 0.387 e. The summed E-state index contributed by atoms with van der Waals surface area (Å²) >= 11 is 0. The number of benzene rings is 2. The average molecular weight is 517 g/mol. The van der Waals surface area contributed by atoms with Crippen LogP contribution in [0, 0.1) is 11.7 Å². The van der Waals surface area contributed by atoms with Crippen molar-refractivity contribution in [2.75, 3.05) is 25.0 Å². The molecule has 1 fully saturated rings. The molecule has 1 aromatic heterocycles. The average Bonchev–Trinajstić information content (AvgIpc) is 2.87. The van der Waals surface area contributed by atoms with E-state index >= 15 is 0 Å². The highest BCUT2D eigenvalue weighted by Gasteiger charge is 2.25. The van der Waals surface area contributed by atoms with Gasteiger partial charge in [-0.1, -0.05) is 12.1 Å². The number of likely N-dealkylation sites (tertiary alicyclic amines) is 1. The molecule has 0 radical (unpaired) electrons. The van der Waals surface area contributed by atoms with Gasteiger partial charge in [-0.2, -0.15) is 8.78 Å². The first-order valence-corrected chi connectivity index (χ1v) is 11.8. The molecule has 196 valence electrons. The van der Waals surface area contributed by atoms with Crippen LogP contribution in [0.25, 0.3) is 11.1 Å². The Labute approximate surface area is 212 Å². The number of hydrogen-bond acceptors (Lipinski definition) is 7. The van der Waals surface area contributed by atoms with Gasteiger partial charge in [-0.25, -0.2) is 14.4 Å². The highest BCUT2D eigenvalue weighted by molar-refractivity contribution is 5.70. The molecule has 0 bridgehead atoms. The molecular weight excluding hydrogens is 489 g/mol. The van der Waals surface area contributed by atoms with E-state index in [9.17, 15) is 18.0 Å². The molecule has 1 saturated heterocycles. The summed E-state index contributed by atoms with van der Waals surface area (Å²) in [6.07, 6.45) is 4.03. The van der Waals surface area contributed by atoms with Crippen LogP contribution in [0.15, 0.2) is 54.9 Å². The van der Waals surface area contributed by atoms with Crippen molar-refractivity contribution in [3.63, 3.8) is 0 Å². The van der Waals surface area contributed by atoms with E-state index in [1.165, 1.54) is 24.3 Å². The second-order valence-electron chi connectivity index (χ2n) is 8.81. The SMILES string of the molecule is CC(CN1CCC(C(=O)O)CC1)Oc1cc(Nc2ncc(-c3ccc(OC(F)F)cc3)cn2)ccc1F. The lowest BCUT2D eigenvalue weighted by Gasteiger charge is -2.32. The third kappa shape index (κ3) is 7.32. The van der Waals surface area contributed by atoms with Gasteiger partial charge in [0.05, 0.1) is 5.92 Å². The van der Waals surface area contributed by atoms with E-state index in [1.54, 1.807) is 30.6 Å². The summed E-state index contributed by atoms with van der Waals surface area (Å²) in [5.41, 5.74) is 1.94. The van der Waals surface area contributed by atoms with Gasteiger partial charge in [-0.05, 0) is 62.7 Å². The maximum absolute atomic E-state index is 14.4. The summed E-state index contributed by atoms with van der Waals surface area (Å²) in [4.78, 5) is 21.8. The second-order valence-corrected chi connectivity index (χ2v) is 8.81. The maximum Gasteiger partial charge on any atom is 0.387 e. The largest absolute Gasteiger partial charge is 0.486 e. The summed E-state index contributed by atoms with van der Waals surface area (Å²) < 4.78 is 49.2. The van der Waals surface area contributed by atoms with Gasteiger partial charge < -0.3 is 19.9 Å². The van der Waals surface area contributed by atoms with E-state index in [-0.39, 0.29) is 29.5 Å². The van der Waals surface area contributed by atoms with Crippen molar-refractivity contribution in [1.29, 1.82) is 0 Å². The lowest BCUT2D eigenvalue weighted by atomic mass is 9.97. The molecule has 1 aliphatic heterocycles. The van der Waals surface area contributed by atoms with Crippen LogP contribution in [0.3, 0.4) is 0 Å². The minimum absolute atomic E-state index is 0.0596. The number of alkyl halides is 2. The fourth-order valence-electron chi connectivity index (χ4n) is 4.15. The van der Waals surface area contributed by atoms with Crippen LogP contribution >= 0.6 is 0 Å². The van der Waals surface area contributed by atoms with Crippen LogP contribution in [0.4, 0.5) is 24.8 Å². The zero-order chi connectivity index (χ0) is 26.4. The first-order chi connectivity index (χ1) is 17.8. The lowest BCUT2D eigenvalue weighted by molar-refractivity contribution is -0.143. The summed E-state index contributed by atoms with van der Waals surface area (Å²) in [7, 11) is 0. The number of carboxylic acid groups (broad SMARTS) is 1. The number of nitrogens with one attached hydrogen (secondary N) is 1. The minimum Gasteiger partial charge on any atom is -0.486 e. The predicted octanol–water partition coefficient (Wildman–Crippen LogP) is 5.19. The van der Waals surface area contributed by atoms with Gasteiger partial charge in [0.1, 0.15) is 11.9 Å². The summed E-state index contributed by atoms with van der Waals surface area (Å²) in [6, 6.07) is 10.5. The first kappa shape index (κ1) is 26.2. The number of halogens is 3. The molecule has 0 saturated carbocycles. The fraction of sp³-hybridized carbons (Fsp3) is 0.346. The van der Waals surface area contributed by atoms with Gasteiger partial charge in [-0.15, -0.1) is 0 Å². The topological polar surface area (TPSA) is 96.8 Å². The second kappa shape index (κ2) is 11.9. The van der Waals surface area contributed by atoms with E-state index in [2.05, 4.69) is 24.9 Å². The number of nitrogens with zero attached hydrogens (tertiary/aromatic N) is 3. The van der Waals surface area contributed by atoms with Gasteiger partial charge in [0.25, 0.3) is 0 Å². The van der Waals surface area contributed by atoms with Gasteiger partial charge >= 0.3 is 12.6 Å². The van der Waals surface area contributed by atoms with Crippen LogP contribution in [0.2, 0.25) is 0 Å². The van der Waals surface area contributed by atoms with Gasteiger partial charge in [0, 0.05) is 36.3 Å². The fourth-order valence-corrected chi connectivity index (χ4v) is 4.15. The van der Waals surface area contributed by atoms with E-state index < -0.39 is 18.4 Å². The molecule has 0 spiro atoms. The Morgan fingerprint density at radius 3 is 2.38 bits per heavy atom. The van der Waals surface area contributed by atoms with E-state index in [1.807, 2.05) is 6.92 Å². The van der Waals surface area contributed by atoms with Gasteiger partial charge in [0.15, 0.2) is 11.6 Å². The molecule has 0 aliphatic carbocycles. The Bertz CT molecular complexity index is 1190. The number of carboxylic acids is 1. The molecule has 2 heterocycles. The van der Waals surface area contributed by atoms with Crippen LogP contribution < -0.4 is 14.8 Å². The number of anilines is 2. The number of aromatic nitrogens is 2. The van der Waals surface area contributed by atoms with Crippen LogP contribution in [-0.4, -0.2) is 58.3 Å². The molecule has 1 aliphatic rings. The molecule has 2 aromatic carbocycles. The predicted molar refractivity (Wildman–Crippen MR) is 131 cm³/mol. The van der Waals surface area contributed by atoms with Crippen molar-refractivity contribution in [3.8, 4) is 22.6 Å². The van der Waals surface area contributed by atoms with Crippen molar-refractivity contribution in [3.05, 3.63) is 60.7 Å². The molecule has 37 heavy (non-hydrogen) atoms. The summed E-state index contributed by atoms with van der Waals surface area (Å²) in [6.45, 7) is 0.842. The lowest BCUT2D eigenvalue weighted by Crippen LogP contribution is -2.41. The summed E-state index contributed by atoms with van der Waals surface area (Å²) in [5, 5.41) is 12.2. The van der Waals surface area contributed by atoms with E-state index in [0.717, 1.165) is 5.56 Å². The van der Waals surface area contributed by atoms with Crippen LogP contribution in [-0.2, 0) is 4.79 Å². The van der Waals surface area contributed by atoms with Crippen LogP contribution in [0.1, 0.15) is 19.8 Å². The Kier molecular flexibility index (Phi) is 8.44. The summed E-state index contributed by atoms with van der Waals surface area (Å²) in [5.74, 6) is -1.14. The number of hydrogen-bond donors (Lipinski definition) is 2. The van der Waals surface area contributed by atoms with Gasteiger partial charge in [-0.3, -0.25) is 9.69 Å². The Balaban J connectivity index is 1.34. The maximum atomic E-state index is 14.4. The molecule has 2 N–H and O–H groups in total. The molecule has 11 heteroatoms. The zero-order valence-electron chi connectivity index (χ0n) is 20.1. The number of rotatable bonds is 10. The molecule has 3 aromatic rings. The molecular formula is C26H27F3N4O4. The quantitative estimate of drug-likeness (QED) is 0.380. The molecule has 1 atom stereocenters. The highest BCUT2D eigenvalue weighted by Crippen LogP contribution is 2.27. The minimum atomic E-state index is -2.89. The van der Waals surface area contributed by atoms with E-state index in [0.29, 0.717) is 43.7 Å².